The van der Waals surface area contributed by atoms with Gasteiger partial charge in [0, 0.05) is 6.07 Å². The van der Waals surface area contributed by atoms with E-state index in [1.54, 1.807) is 22.8 Å². The molecule has 0 radical (unpaired) electrons. The summed E-state index contributed by atoms with van der Waals surface area (Å²) in [5.41, 5.74) is 3.03. The number of benzene rings is 1. The summed E-state index contributed by atoms with van der Waals surface area (Å²) in [7, 11) is 1.34. The highest BCUT2D eigenvalue weighted by Gasteiger charge is 2.10. The Kier molecular flexibility index (Phi) is 2.98. The first-order valence-corrected chi connectivity index (χ1v) is 6.05. The van der Waals surface area contributed by atoms with Crippen molar-refractivity contribution in [3.63, 3.8) is 0 Å². The van der Waals surface area contributed by atoms with Crippen LogP contribution in [0.1, 0.15) is 5.69 Å². The first-order chi connectivity index (χ1) is 9.65. The van der Waals surface area contributed by atoms with Crippen LogP contribution in [0.5, 0.6) is 0 Å². The molecular formula is C14H12FN3O2. The van der Waals surface area contributed by atoms with E-state index in [9.17, 15) is 9.18 Å². The van der Waals surface area contributed by atoms with E-state index in [1.165, 1.54) is 19.2 Å². The third-order valence-electron chi connectivity index (χ3n) is 3.01. The molecule has 6 heteroatoms. The molecule has 3 aromatic rings. The number of rotatable bonds is 3. The Bertz CT molecular complexity index is 727. The molecule has 0 bridgehead atoms. The number of nitrogens with zero attached hydrogens (tertiary/aromatic N) is 2. The number of esters is 1. The SMILES string of the molecule is COC(=O)Cc1cn2[nH]c(-c3ccc(F)cc3)cc2n1. The van der Waals surface area contributed by atoms with Crippen molar-refractivity contribution in [2.75, 3.05) is 7.11 Å². The van der Waals surface area contributed by atoms with E-state index >= 15 is 0 Å². The van der Waals surface area contributed by atoms with Gasteiger partial charge in [-0.25, -0.2) is 13.9 Å². The van der Waals surface area contributed by atoms with Crippen molar-refractivity contribution in [2.45, 2.75) is 6.42 Å². The zero-order chi connectivity index (χ0) is 14.1. The Labute approximate surface area is 114 Å². The molecule has 2 heterocycles. The summed E-state index contributed by atoms with van der Waals surface area (Å²) in [6.07, 6.45) is 1.87. The molecule has 0 amide bonds. The Balaban J connectivity index is 1.90. The first kappa shape index (κ1) is 12.4. The van der Waals surface area contributed by atoms with E-state index in [0.29, 0.717) is 11.3 Å². The second kappa shape index (κ2) is 4.80. The summed E-state index contributed by atoms with van der Waals surface area (Å²) in [6.45, 7) is 0. The van der Waals surface area contributed by atoms with E-state index in [2.05, 4.69) is 14.8 Å². The number of hydrogen-bond donors (Lipinski definition) is 1. The number of ether oxygens (including phenoxy) is 1. The molecule has 2 aromatic heterocycles. The summed E-state index contributed by atoms with van der Waals surface area (Å²) in [4.78, 5) is 15.5. The number of fused-ring (bicyclic) bond motifs is 1. The van der Waals surface area contributed by atoms with Gasteiger partial charge in [0.25, 0.3) is 0 Å². The lowest BCUT2D eigenvalue weighted by Gasteiger charge is -1.97. The zero-order valence-electron chi connectivity index (χ0n) is 10.8. The minimum atomic E-state index is -0.329. The predicted molar refractivity (Wildman–Crippen MR) is 70.7 cm³/mol. The molecule has 0 saturated carbocycles. The van der Waals surface area contributed by atoms with Crippen molar-refractivity contribution in [1.29, 1.82) is 0 Å². The maximum absolute atomic E-state index is 12.9. The van der Waals surface area contributed by atoms with Crippen LogP contribution in [0.2, 0.25) is 0 Å². The third-order valence-corrected chi connectivity index (χ3v) is 3.01. The van der Waals surface area contributed by atoms with Crippen LogP contribution < -0.4 is 0 Å². The highest BCUT2D eigenvalue weighted by Crippen LogP contribution is 2.20. The van der Waals surface area contributed by atoms with Gasteiger partial charge < -0.3 is 4.74 Å². The molecule has 3 rings (SSSR count). The minimum absolute atomic E-state index is 0.137. The van der Waals surface area contributed by atoms with Gasteiger partial charge in [-0.3, -0.25) is 9.89 Å². The van der Waals surface area contributed by atoms with Crippen LogP contribution in [0, 0.1) is 5.82 Å². The lowest BCUT2D eigenvalue weighted by Crippen LogP contribution is -2.04. The molecule has 0 spiro atoms. The average molecular weight is 273 g/mol. The first-order valence-electron chi connectivity index (χ1n) is 6.05. The fraction of sp³-hybridized carbons (Fsp3) is 0.143. The molecule has 0 fully saturated rings. The highest BCUT2D eigenvalue weighted by molar-refractivity contribution is 5.72. The van der Waals surface area contributed by atoms with Crippen LogP contribution in [0.15, 0.2) is 36.5 Å². The van der Waals surface area contributed by atoms with E-state index in [1.807, 2.05) is 6.07 Å². The molecule has 0 aliphatic carbocycles. The van der Waals surface area contributed by atoms with Gasteiger partial charge in [-0.2, -0.15) is 0 Å². The second-order valence-electron chi connectivity index (χ2n) is 4.39. The quantitative estimate of drug-likeness (QED) is 0.744. The Morgan fingerprint density at radius 1 is 1.40 bits per heavy atom. The molecule has 102 valence electrons. The molecule has 5 nitrogen and oxygen atoms in total. The zero-order valence-corrected chi connectivity index (χ0v) is 10.8. The Hall–Kier alpha value is -2.63. The molecular weight excluding hydrogens is 261 g/mol. The molecule has 0 atom stereocenters. The van der Waals surface area contributed by atoms with Crippen molar-refractivity contribution in [3.8, 4) is 11.3 Å². The number of carbonyl (C=O) groups is 1. The number of methoxy groups -OCH3 is 1. The van der Waals surface area contributed by atoms with Crippen LogP contribution in [0.4, 0.5) is 4.39 Å². The summed E-state index contributed by atoms with van der Waals surface area (Å²) < 4.78 is 19.2. The number of carbonyl (C=O) groups excluding carboxylic acids is 1. The van der Waals surface area contributed by atoms with Crippen molar-refractivity contribution in [2.24, 2.45) is 0 Å². The standard InChI is InChI=1S/C14H12FN3O2/c1-20-14(19)6-11-8-18-13(16-11)7-12(17-18)9-2-4-10(15)5-3-9/h2-5,7-8,17H,6H2,1H3. The number of H-pyrrole nitrogens is 1. The largest absolute Gasteiger partial charge is 0.469 e. The molecule has 1 N–H and O–H groups in total. The lowest BCUT2D eigenvalue weighted by atomic mass is 10.1. The van der Waals surface area contributed by atoms with Gasteiger partial charge in [-0.15, -0.1) is 0 Å². The van der Waals surface area contributed by atoms with Crippen molar-refractivity contribution in [1.82, 2.24) is 14.6 Å². The molecule has 0 saturated heterocycles. The minimum Gasteiger partial charge on any atom is -0.469 e. The van der Waals surface area contributed by atoms with Crippen LogP contribution >= 0.6 is 0 Å². The van der Waals surface area contributed by atoms with E-state index in [-0.39, 0.29) is 18.2 Å². The maximum atomic E-state index is 12.9. The molecule has 0 aliphatic rings. The fourth-order valence-electron chi connectivity index (χ4n) is 2.01. The number of nitrogens with one attached hydrogen (secondary N) is 1. The maximum Gasteiger partial charge on any atom is 0.311 e. The van der Waals surface area contributed by atoms with Gasteiger partial charge >= 0.3 is 5.97 Å². The van der Waals surface area contributed by atoms with Crippen LogP contribution in [-0.2, 0) is 16.0 Å². The highest BCUT2D eigenvalue weighted by atomic mass is 19.1. The van der Waals surface area contributed by atoms with Gasteiger partial charge in [0.05, 0.1) is 31.1 Å². The van der Waals surface area contributed by atoms with Crippen molar-refractivity contribution < 1.29 is 13.9 Å². The topological polar surface area (TPSA) is 59.4 Å². The predicted octanol–water partition coefficient (Wildman–Crippen LogP) is 2.18. The smallest absolute Gasteiger partial charge is 0.311 e. The monoisotopic (exact) mass is 273 g/mol. The molecule has 0 aliphatic heterocycles. The van der Waals surface area contributed by atoms with E-state index in [0.717, 1.165) is 11.3 Å². The Morgan fingerprint density at radius 3 is 2.80 bits per heavy atom. The second-order valence-corrected chi connectivity index (χ2v) is 4.39. The van der Waals surface area contributed by atoms with Gasteiger partial charge in [-0.05, 0) is 29.8 Å². The van der Waals surface area contributed by atoms with E-state index < -0.39 is 0 Å². The van der Waals surface area contributed by atoms with Gasteiger partial charge in [0.15, 0.2) is 5.65 Å². The van der Waals surface area contributed by atoms with E-state index in [4.69, 9.17) is 0 Å². The summed E-state index contributed by atoms with van der Waals surface area (Å²) in [6, 6.07) is 8.03. The van der Waals surface area contributed by atoms with Crippen LogP contribution in [-0.4, -0.2) is 27.7 Å². The fourth-order valence-corrected chi connectivity index (χ4v) is 2.01. The molecule has 0 unspecified atom stereocenters. The van der Waals surface area contributed by atoms with Crippen molar-refractivity contribution in [3.05, 3.63) is 48.0 Å². The summed E-state index contributed by atoms with van der Waals surface area (Å²) >= 11 is 0. The number of imidazole rings is 1. The van der Waals surface area contributed by atoms with Crippen LogP contribution in [0.25, 0.3) is 16.9 Å². The van der Waals surface area contributed by atoms with Gasteiger partial charge in [-0.1, -0.05) is 0 Å². The van der Waals surface area contributed by atoms with Gasteiger partial charge in [0.1, 0.15) is 5.82 Å². The summed E-state index contributed by atoms with van der Waals surface area (Å²) in [5, 5.41) is 3.12. The average Bonchev–Trinajstić information content (AvgIpc) is 2.97. The molecule has 20 heavy (non-hydrogen) atoms. The lowest BCUT2D eigenvalue weighted by molar-refractivity contribution is -0.139. The normalized spacial score (nSPS) is 10.9. The third kappa shape index (κ3) is 2.27. The number of halogens is 1. The molecule has 1 aromatic carbocycles. The summed E-state index contributed by atoms with van der Waals surface area (Å²) in [5.74, 6) is -0.602. The van der Waals surface area contributed by atoms with Crippen LogP contribution in [0.3, 0.4) is 0 Å². The number of aromatic nitrogens is 3. The van der Waals surface area contributed by atoms with Gasteiger partial charge in [0.2, 0.25) is 0 Å². The number of aromatic amines is 1. The number of hydrogen-bond acceptors (Lipinski definition) is 3. The van der Waals surface area contributed by atoms with Crippen molar-refractivity contribution >= 4 is 11.6 Å². The Morgan fingerprint density at radius 2 is 2.15 bits per heavy atom.